The van der Waals surface area contributed by atoms with Crippen molar-refractivity contribution in [2.24, 2.45) is 0 Å². The second-order valence-corrected chi connectivity index (χ2v) is 6.34. The van der Waals surface area contributed by atoms with Gasteiger partial charge in [-0.2, -0.15) is 0 Å². The highest BCUT2D eigenvalue weighted by atomic mass is 35.5. The van der Waals surface area contributed by atoms with Gasteiger partial charge in [-0.15, -0.1) is 11.3 Å². The third-order valence-electron chi connectivity index (χ3n) is 3.08. The summed E-state index contributed by atoms with van der Waals surface area (Å²) in [4.78, 5) is 2.66. The largest absolute Gasteiger partial charge is 0.454 e. The Kier molecular flexibility index (Phi) is 3.29. The molecule has 1 aromatic heterocycles. The quantitative estimate of drug-likeness (QED) is 0.912. The molecule has 0 saturated carbocycles. The summed E-state index contributed by atoms with van der Waals surface area (Å²) >= 11 is 8.03. The van der Waals surface area contributed by atoms with Crippen molar-refractivity contribution in [2.45, 2.75) is 20.4 Å². The van der Waals surface area contributed by atoms with Crippen molar-refractivity contribution in [3.8, 4) is 11.5 Å². The number of hydrogen-bond donors (Lipinski definition) is 1. The van der Waals surface area contributed by atoms with E-state index in [1.165, 1.54) is 15.3 Å². The molecule has 2 heterocycles. The number of benzene rings is 1. The summed E-state index contributed by atoms with van der Waals surface area (Å²) in [5.41, 5.74) is 2.17. The summed E-state index contributed by atoms with van der Waals surface area (Å²) in [7, 11) is 0. The van der Waals surface area contributed by atoms with Crippen molar-refractivity contribution in [2.75, 3.05) is 12.1 Å². The minimum Gasteiger partial charge on any atom is -0.454 e. The molecule has 0 amide bonds. The summed E-state index contributed by atoms with van der Waals surface area (Å²) in [6.07, 6.45) is 0. The van der Waals surface area contributed by atoms with Crippen LogP contribution in [0.25, 0.3) is 0 Å². The average molecular weight is 296 g/mol. The van der Waals surface area contributed by atoms with Gasteiger partial charge in [0.25, 0.3) is 0 Å². The number of anilines is 1. The molecule has 19 heavy (non-hydrogen) atoms. The third-order valence-corrected chi connectivity index (χ3v) is 4.40. The number of halogens is 1. The van der Waals surface area contributed by atoms with E-state index in [9.17, 15) is 0 Å². The molecule has 0 saturated heterocycles. The van der Waals surface area contributed by atoms with E-state index in [0.717, 1.165) is 18.0 Å². The van der Waals surface area contributed by atoms with E-state index in [4.69, 9.17) is 21.1 Å². The van der Waals surface area contributed by atoms with Gasteiger partial charge < -0.3 is 14.8 Å². The maximum Gasteiger partial charge on any atom is 0.231 e. The molecule has 5 heteroatoms. The lowest BCUT2D eigenvalue weighted by atomic mass is 10.2. The molecule has 1 aliphatic rings. The Labute approximate surface area is 121 Å². The van der Waals surface area contributed by atoms with E-state index in [2.05, 4.69) is 25.2 Å². The Hall–Kier alpha value is -1.39. The Bertz CT molecular complexity index is 624. The number of aryl methyl sites for hydroxylation is 2. The van der Waals surface area contributed by atoms with Gasteiger partial charge in [0.05, 0.1) is 10.7 Å². The van der Waals surface area contributed by atoms with E-state index < -0.39 is 0 Å². The predicted molar refractivity (Wildman–Crippen MR) is 78.7 cm³/mol. The van der Waals surface area contributed by atoms with Crippen LogP contribution >= 0.6 is 22.9 Å². The highest BCUT2D eigenvalue weighted by Crippen LogP contribution is 2.39. The molecule has 0 atom stereocenters. The first-order valence-electron chi connectivity index (χ1n) is 6.02. The smallest absolute Gasteiger partial charge is 0.231 e. The van der Waals surface area contributed by atoms with E-state index in [-0.39, 0.29) is 6.79 Å². The normalized spacial score (nSPS) is 12.8. The van der Waals surface area contributed by atoms with Crippen molar-refractivity contribution >= 4 is 28.6 Å². The molecule has 3 rings (SSSR count). The maximum absolute atomic E-state index is 6.22. The first-order valence-corrected chi connectivity index (χ1v) is 7.22. The average Bonchev–Trinajstić information content (AvgIpc) is 2.92. The van der Waals surface area contributed by atoms with E-state index in [1.807, 2.05) is 17.4 Å². The van der Waals surface area contributed by atoms with E-state index >= 15 is 0 Å². The van der Waals surface area contributed by atoms with Crippen LogP contribution in [0.2, 0.25) is 5.02 Å². The van der Waals surface area contributed by atoms with Gasteiger partial charge in [0.1, 0.15) is 0 Å². The fourth-order valence-electron chi connectivity index (χ4n) is 2.10. The first kappa shape index (κ1) is 12.6. The van der Waals surface area contributed by atoms with Crippen LogP contribution in [0.1, 0.15) is 15.3 Å². The van der Waals surface area contributed by atoms with Crippen molar-refractivity contribution in [3.63, 3.8) is 0 Å². The first-order chi connectivity index (χ1) is 9.13. The number of rotatable bonds is 3. The molecule has 1 aromatic carbocycles. The van der Waals surface area contributed by atoms with Crippen LogP contribution in [0.3, 0.4) is 0 Å². The van der Waals surface area contributed by atoms with Gasteiger partial charge >= 0.3 is 0 Å². The minimum atomic E-state index is 0.262. The van der Waals surface area contributed by atoms with Crippen molar-refractivity contribution in [1.29, 1.82) is 0 Å². The highest BCUT2D eigenvalue weighted by molar-refractivity contribution is 7.12. The molecular weight excluding hydrogens is 282 g/mol. The molecule has 100 valence electrons. The summed E-state index contributed by atoms with van der Waals surface area (Å²) in [5.74, 6) is 1.45. The molecule has 0 fully saturated rings. The van der Waals surface area contributed by atoms with Gasteiger partial charge in [0.15, 0.2) is 11.5 Å². The minimum absolute atomic E-state index is 0.262. The van der Waals surface area contributed by atoms with Crippen molar-refractivity contribution in [1.82, 2.24) is 0 Å². The Morgan fingerprint density at radius 3 is 2.63 bits per heavy atom. The summed E-state index contributed by atoms with van der Waals surface area (Å²) < 4.78 is 10.6. The SMILES string of the molecule is Cc1cc(CNc2cc3c(cc2Cl)OCO3)c(C)s1. The van der Waals surface area contributed by atoms with Crippen LogP contribution in [0.5, 0.6) is 11.5 Å². The highest BCUT2D eigenvalue weighted by Gasteiger charge is 2.16. The van der Waals surface area contributed by atoms with Gasteiger partial charge in [-0.3, -0.25) is 0 Å². The van der Waals surface area contributed by atoms with Gasteiger partial charge in [-0.1, -0.05) is 11.6 Å². The Morgan fingerprint density at radius 2 is 1.95 bits per heavy atom. The lowest BCUT2D eigenvalue weighted by molar-refractivity contribution is 0.174. The molecule has 0 spiro atoms. The Morgan fingerprint density at radius 1 is 1.21 bits per heavy atom. The number of fused-ring (bicyclic) bond motifs is 1. The number of nitrogens with one attached hydrogen (secondary N) is 1. The lowest BCUT2D eigenvalue weighted by Crippen LogP contribution is -2.00. The second kappa shape index (κ2) is 4.94. The van der Waals surface area contributed by atoms with Crippen LogP contribution in [-0.4, -0.2) is 6.79 Å². The zero-order valence-electron chi connectivity index (χ0n) is 10.7. The number of thiophene rings is 1. The molecule has 1 aliphatic heterocycles. The van der Waals surface area contributed by atoms with Crippen LogP contribution in [0.4, 0.5) is 5.69 Å². The third kappa shape index (κ3) is 2.51. The summed E-state index contributed by atoms with van der Waals surface area (Å²) in [6, 6.07) is 5.88. The van der Waals surface area contributed by atoms with Crippen molar-refractivity contribution < 1.29 is 9.47 Å². The van der Waals surface area contributed by atoms with Gasteiger partial charge in [-0.25, -0.2) is 0 Å². The molecule has 0 unspecified atom stereocenters. The van der Waals surface area contributed by atoms with Crippen molar-refractivity contribution in [3.05, 3.63) is 38.5 Å². The molecule has 1 N–H and O–H groups in total. The van der Waals surface area contributed by atoms with E-state index in [1.54, 1.807) is 6.07 Å². The number of hydrogen-bond acceptors (Lipinski definition) is 4. The second-order valence-electron chi connectivity index (χ2n) is 4.48. The van der Waals surface area contributed by atoms with Crippen LogP contribution in [0.15, 0.2) is 18.2 Å². The molecule has 0 bridgehead atoms. The molecular formula is C14H14ClNO2S. The summed E-state index contributed by atoms with van der Waals surface area (Å²) in [5, 5.41) is 4.00. The summed E-state index contributed by atoms with van der Waals surface area (Å²) in [6.45, 7) is 5.28. The predicted octanol–water partition coefficient (Wildman–Crippen LogP) is 4.36. The van der Waals surface area contributed by atoms with Crippen LogP contribution < -0.4 is 14.8 Å². The zero-order valence-corrected chi connectivity index (χ0v) is 12.3. The fraction of sp³-hybridized carbons (Fsp3) is 0.286. The molecule has 3 nitrogen and oxygen atoms in total. The van der Waals surface area contributed by atoms with E-state index in [0.29, 0.717) is 10.8 Å². The van der Waals surface area contributed by atoms with Crippen LogP contribution in [-0.2, 0) is 6.54 Å². The lowest BCUT2D eigenvalue weighted by Gasteiger charge is -2.09. The monoisotopic (exact) mass is 295 g/mol. The van der Waals surface area contributed by atoms with Crippen LogP contribution in [0, 0.1) is 13.8 Å². The Balaban J connectivity index is 1.78. The van der Waals surface area contributed by atoms with Gasteiger partial charge in [-0.05, 0) is 25.5 Å². The maximum atomic E-state index is 6.22. The standard InChI is InChI=1S/C14H14ClNO2S/c1-8-3-10(9(2)19-8)6-16-12-5-14-13(4-11(12)15)17-7-18-14/h3-5,16H,6-7H2,1-2H3. The zero-order chi connectivity index (χ0) is 13.4. The molecule has 0 aliphatic carbocycles. The topological polar surface area (TPSA) is 30.5 Å². The van der Waals surface area contributed by atoms with Gasteiger partial charge in [0, 0.05) is 28.4 Å². The molecule has 0 radical (unpaired) electrons. The molecule has 2 aromatic rings. The number of ether oxygens (including phenoxy) is 2. The fourth-order valence-corrected chi connectivity index (χ4v) is 3.27. The van der Waals surface area contributed by atoms with Gasteiger partial charge in [0.2, 0.25) is 6.79 Å².